The lowest BCUT2D eigenvalue weighted by atomic mass is 10.0. The summed E-state index contributed by atoms with van der Waals surface area (Å²) in [7, 11) is 0. The van der Waals surface area contributed by atoms with E-state index >= 15 is 0 Å². The van der Waals surface area contributed by atoms with Crippen molar-refractivity contribution in [3.05, 3.63) is 65.7 Å². The molecule has 106 valence electrons. The Morgan fingerprint density at radius 2 is 1.50 bits per heavy atom. The smallest absolute Gasteiger partial charge is 0.197 e. The Balaban J connectivity index is 1.83. The van der Waals surface area contributed by atoms with Gasteiger partial charge in [0.1, 0.15) is 5.75 Å². The highest BCUT2D eigenvalue weighted by atomic mass is 16.7. The number of hydrogen-bond acceptors (Lipinski definition) is 2. The van der Waals surface area contributed by atoms with E-state index in [1.165, 1.54) is 5.56 Å². The van der Waals surface area contributed by atoms with Gasteiger partial charge in [-0.1, -0.05) is 56.3 Å². The normalized spacial score (nSPS) is 12.4. The zero-order chi connectivity index (χ0) is 14.4. The van der Waals surface area contributed by atoms with Crippen molar-refractivity contribution in [2.45, 2.75) is 39.6 Å². The van der Waals surface area contributed by atoms with Crippen LogP contribution in [0.4, 0.5) is 0 Å². The third kappa shape index (κ3) is 4.39. The van der Waals surface area contributed by atoms with Gasteiger partial charge in [0, 0.05) is 0 Å². The zero-order valence-electron chi connectivity index (χ0n) is 12.4. The number of hydrogen-bond donors (Lipinski definition) is 0. The summed E-state index contributed by atoms with van der Waals surface area (Å²) in [6.45, 7) is 6.84. The van der Waals surface area contributed by atoms with Crippen LogP contribution < -0.4 is 4.74 Å². The first-order valence-corrected chi connectivity index (χ1v) is 7.07. The summed E-state index contributed by atoms with van der Waals surface area (Å²) >= 11 is 0. The van der Waals surface area contributed by atoms with Crippen LogP contribution in [0.5, 0.6) is 5.75 Å². The average Bonchev–Trinajstić information content (AvgIpc) is 2.47. The van der Waals surface area contributed by atoms with E-state index in [4.69, 9.17) is 9.47 Å². The van der Waals surface area contributed by atoms with Crippen LogP contribution >= 0.6 is 0 Å². The van der Waals surface area contributed by atoms with Gasteiger partial charge in [-0.15, -0.1) is 0 Å². The second-order valence-corrected chi connectivity index (χ2v) is 5.21. The summed E-state index contributed by atoms with van der Waals surface area (Å²) in [5.41, 5.74) is 2.47. The average molecular weight is 270 g/mol. The molecule has 0 bridgehead atoms. The largest absolute Gasteiger partial charge is 0.465 e. The van der Waals surface area contributed by atoms with E-state index in [2.05, 4.69) is 26.0 Å². The fraction of sp³-hybridized carbons (Fsp3) is 0.333. The molecular weight excluding hydrogens is 248 g/mol. The van der Waals surface area contributed by atoms with Crippen molar-refractivity contribution in [1.82, 2.24) is 0 Å². The van der Waals surface area contributed by atoms with Gasteiger partial charge < -0.3 is 9.47 Å². The van der Waals surface area contributed by atoms with Crippen LogP contribution in [0.25, 0.3) is 0 Å². The topological polar surface area (TPSA) is 18.5 Å². The Bertz CT molecular complexity index is 503. The van der Waals surface area contributed by atoms with E-state index in [1.807, 2.05) is 49.4 Å². The fourth-order valence-electron chi connectivity index (χ4n) is 1.94. The molecule has 0 amide bonds. The number of rotatable bonds is 6. The summed E-state index contributed by atoms with van der Waals surface area (Å²) in [6, 6.07) is 18.3. The van der Waals surface area contributed by atoms with E-state index < -0.39 is 0 Å². The van der Waals surface area contributed by atoms with Gasteiger partial charge in [0.25, 0.3) is 0 Å². The van der Waals surface area contributed by atoms with Gasteiger partial charge in [-0.25, -0.2) is 0 Å². The van der Waals surface area contributed by atoms with Crippen molar-refractivity contribution in [2.75, 3.05) is 0 Å². The molecule has 0 radical (unpaired) electrons. The van der Waals surface area contributed by atoms with Crippen molar-refractivity contribution in [3.8, 4) is 5.75 Å². The Labute approximate surface area is 121 Å². The van der Waals surface area contributed by atoms with E-state index in [0.29, 0.717) is 12.5 Å². The minimum absolute atomic E-state index is 0.264. The minimum Gasteiger partial charge on any atom is -0.465 e. The van der Waals surface area contributed by atoms with Gasteiger partial charge in [-0.2, -0.15) is 0 Å². The molecule has 2 nitrogen and oxygen atoms in total. The molecule has 0 aliphatic heterocycles. The molecule has 2 rings (SSSR count). The molecule has 0 saturated carbocycles. The van der Waals surface area contributed by atoms with Crippen LogP contribution in [-0.4, -0.2) is 6.29 Å². The molecular formula is C18H22O2. The zero-order valence-corrected chi connectivity index (χ0v) is 12.4. The molecule has 0 saturated heterocycles. The molecule has 20 heavy (non-hydrogen) atoms. The molecule has 0 aromatic heterocycles. The molecule has 2 heteroatoms. The van der Waals surface area contributed by atoms with E-state index in [1.54, 1.807) is 0 Å². The monoisotopic (exact) mass is 270 g/mol. The summed E-state index contributed by atoms with van der Waals surface area (Å²) in [4.78, 5) is 0. The molecule has 0 spiro atoms. The second kappa shape index (κ2) is 7.11. The molecule has 2 aromatic rings. The van der Waals surface area contributed by atoms with Gasteiger partial charge in [0.15, 0.2) is 6.29 Å². The maximum Gasteiger partial charge on any atom is 0.197 e. The SMILES string of the molecule is CC(OCc1ccccc1)Oc1ccc(C(C)C)cc1. The summed E-state index contributed by atoms with van der Waals surface area (Å²) in [5, 5.41) is 0. The van der Waals surface area contributed by atoms with Gasteiger partial charge >= 0.3 is 0 Å². The molecule has 1 atom stereocenters. The first-order valence-electron chi connectivity index (χ1n) is 7.07. The van der Waals surface area contributed by atoms with Gasteiger partial charge in [-0.05, 0) is 36.1 Å². The predicted octanol–water partition coefficient (Wildman–Crippen LogP) is 4.75. The van der Waals surface area contributed by atoms with Crippen molar-refractivity contribution in [3.63, 3.8) is 0 Å². The highest BCUT2D eigenvalue weighted by Crippen LogP contribution is 2.19. The van der Waals surface area contributed by atoms with Crippen molar-refractivity contribution < 1.29 is 9.47 Å². The van der Waals surface area contributed by atoms with Gasteiger partial charge in [0.2, 0.25) is 0 Å². The Kier molecular flexibility index (Phi) is 5.19. The molecule has 0 aliphatic carbocycles. The van der Waals surface area contributed by atoms with Crippen LogP contribution in [0.2, 0.25) is 0 Å². The van der Waals surface area contributed by atoms with Crippen LogP contribution in [0.15, 0.2) is 54.6 Å². The molecule has 1 unspecified atom stereocenters. The van der Waals surface area contributed by atoms with Crippen LogP contribution in [0.3, 0.4) is 0 Å². The van der Waals surface area contributed by atoms with Crippen LogP contribution in [-0.2, 0) is 11.3 Å². The van der Waals surface area contributed by atoms with Crippen molar-refractivity contribution in [1.29, 1.82) is 0 Å². The summed E-state index contributed by atoms with van der Waals surface area (Å²) < 4.78 is 11.4. The number of benzene rings is 2. The van der Waals surface area contributed by atoms with Crippen molar-refractivity contribution in [2.24, 2.45) is 0 Å². The van der Waals surface area contributed by atoms with Gasteiger partial charge in [-0.3, -0.25) is 0 Å². The predicted molar refractivity (Wildman–Crippen MR) is 81.9 cm³/mol. The van der Waals surface area contributed by atoms with Gasteiger partial charge in [0.05, 0.1) is 6.61 Å². The third-order valence-corrected chi connectivity index (χ3v) is 3.18. The first-order chi connectivity index (χ1) is 9.65. The number of ether oxygens (including phenoxy) is 2. The van der Waals surface area contributed by atoms with Crippen LogP contribution in [0, 0.1) is 0 Å². The second-order valence-electron chi connectivity index (χ2n) is 5.21. The standard InChI is InChI=1S/C18H22O2/c1-14(2)17-9-11-18(12-10-17)20-15(3)19-13-16-7-5-4-6-8-16/h4-12,14-15H,13H2,1-3H3. The van der Waals surface area contributed by atoms with E-state index in [-0.39, 0.29) is 6.29 Å². The fourth-order valence-corrected chi connectivity index (χ4v) is 1.94. The lowest BCUT2D eigenvalue weighted by Gasteiger charge is -2.16. The Morgan fingerprint density at radius 1 is 0.850 bits per heavy atom. The van der Waals surface area contributed by atoms with Crippen LogP contribution in [0.1, 0.15) is 37.8 Å². The van der Waals surface area contributed by atoms with Crippen molar-refractivity contribution >= 4 is 0 Å². The molecule has 0 N–H and O–H groups in total. The highest BCUT2D eigenvalue weighted by molar-refractivity contribution is 5.28. The summed E-state index contributed by atoms with van der Waals surface area (Å²) in [5.74, 6) is 1.38. The Hall–Kier alpha value is -1.80. The Morgan fingerprint density at radius 3 is 2.10 bits per heavy atom. The molecule has 2 aromatic carbocycles. The lowest BCUT2D eigenvalue weighted by Crippen LogP contribution is -2.16. The summed E-state index contributed by atoms with van der Waals surface area (Å²) in [6.07, 6.45) is -0.264. The maximum absolute atomic E-state index is 5.75. The maximum atomic E-state index is 5.75. The minimum atomic E-state index is -0.264. The highest BCUT2D eigenvalue weighted by Gasteiger charge is 2.05. The molecule has 0 fully saturated rings. The molecule has 0 heterocycles. The third-order valence-electron chi connectivity index (χ3n) is 3.18. The van der Waals surface area contributed by atoms with E-state index in [0.717, 1.165) is 11.3 Å². The molecule has 0 aliphatic rings. The quantitative estimate of drug-likeness (QED) is 0.705. The van der Waals surface area contributed by atoms with E-state index in [9.17, 15) is 0 Å². The first kappa shape index (κ1) is 14.6. The lowest BCUT2D eigenvalue weighted by molar-refractivity contribution is -0.0759.